The van der Waals surface area contributed by atoms with Crippen LogP contribution in [0.4, 0.5) is 23.4 Å². The molecule has 9 N–H and O–H groups in total. The van der Waals surface area contributed by atoms with Gasteiger partial charge < -0.3 is 70.0 Å². The van der Waals surface area contributed by atoms with E-state index in [9.17, 15) is 48.7 Å². The minimum absolute atomic E-state index is 0.00585. The zero-order valence-corrected chi connectivity index (χ0v) is 32.4. The van der Waals surface area contributed by atoms with Crippen molar-refractivity contribution in [3.8, 4) is 0 Å². The molecule has 0 bridgehead atoms. The SMILES string of the molecule is CC(C)OC1[C@@H](COOP(=O)([O-])OP([O-])(=S)OP(=O)([O-])OC[C@H]2O[C@@H](N3CN(C)c4c3nc(N)[nH]c4=O)C(O)[C@H]2O)O[C@@H](n2cnc3c(=O)[nH]c(N)nc32)[C@H]1O. The molecule has 2 saturated heterocycles. The summed E-state index contributed by atoms with van der Waals surface area (Å²) in [4.78, 5) is 86.2. The number of fused-ring (bicyclic) bond motifs is 2. The van der Waals surface area contributed by atoms with Crippen molar-refractivity contribution >= 4 is 68.7 Å². The number of phosphoric acid groups is 2. The van der Waals surface area contributed by atoms with Crippen LogP contribution >= 0.6 is 22.4 Å². The largest absolute Gasteiger partial charge is 0.779 e. The Morgan fingerprint density at radius 3 is 2.30 bits per heavy atom. The van der Waals surface area contributed by atoms with E-state index in [4.69, 9.17) is 30.6 Å². The van der Waals surface area contributed by atoms with E-state index in [0.717, 1.165) is 6.33 Å². The Kier molecular flexibility index (Phi) is 12.1. The third-order valence-electron chi connectivity index (χ3n) is 8.19. The molecule has 0 aliphatic carbocycles. The second-order valence-corrected chi connectivity index (χ2v) is 18.4. The smallest absolute Gasteiger partial charge is 0.302 e. The molecule has 6 rings (SSSR count). The molecule has 56 heavy (non-hydrogen) atoms. The minimum Gasteiger partial charge on any atom is -0.779 e. The summed E-state index contributed by atoms with van der Waals surface area (Å²) in [5.74, 6) is -0.520. The lowest BCUT2D eigenvalue weighted by molar-refractivity contribution is -0.312. The molecule has 32 heteroatoms. The third-order valence-corrected chi connectivity index (χ3v) is 13.3. The molecular weight excluding hydrogens is 841 g/mol. The van der Waals surface area contributed by atoms with Gasteiger partial charge in [0, 0.05) is 7.05 Å². The summed E-state index contributed by atoms with van der Waals surface area (Å²) < 4.78 is 60.4. The molecule has 0 aromatic carbocycles. The summed E-state index contributed by atoms with van der Waals surface area (Å²) in [6.07, 6.45) is -11.2. The Balaban J connectivity index is 1.03. The number of nitrogen functional groups attached to an aromatic ring is 2. The molecule has 2 fully saturated rings. The number of aliphatic hydroxyl groups excluding tert-OH is 3. The average Bonchev–Trinajstić information content (AvgIpc) is 3.78. The van der Waals surface area contributed by atoms with Gasteiger partial charge in [0.1, 0.15) is 55.6 Å². The molecule has 312 valence electrons. The van der Waals surface area contributed by atoms with Crippen molar-refractivity contribution in [1.82, 2.24) is 29.5 Å². The first kappa shape index (κ1) is 42.6. The first-order valence-corrected chi connectivity index (χ1v) is 21.5. The Morgan fingerprint density at radius 2 is 1.61 bits per heavy atom. The maximum absolute atomic E-state index is 12.7. The summed E-state index contributed by atoms with van der Waals surface area (Å²) in [6.45, 7) is -4.28. The van der Waals surface area contributed by atoms with Gasteiger partial charge in [-0.3, -0.25) is 41.9 Å². The van der Waals surface area contributed by atoms with E-state index >= 15 is 0 Å². The maximum Gasteiger partial charge on any atom is 0.302 e. The number of nitrogens with zero attached hydrogens (tertiary/aromatic N) is 6. The van der Waals surface area contributed by atoms with Crippen LogP contribution in [0.1, 0.15) is 20.1 Å². The van der Waals surface area contributed by atoms with Gasteiger partial charge >= 0.3 is 7.82 Å². The second kappa shape index (κ2) is 16.0. The van der Waals surface area contributed by atoms with E-state index in [1.807, 2.05) is 0 Å². The number of aromatic nitrogens is 6. The molecule has 11 atom stereocenters. The fraction of sp³-hybridized carbons (Fsp3) is 0.625. The van der Waals surface area contributed by atoms with E-state index in [2.05, 4.69) is 54.5 Å². The topological polar surface area (TPSA) is 406 Å². The van der Waals surface area contributed by atoms with Crippen molar-refractivity contribution in [3.63, 3.8) is 0 Å². The molecule has 0 spiro atoms. The predicted molar refractivity (Wildman–Crippen MR) is 183 cm³/mol. The van der Waals surface area contributed by atoms with Gasteiger partial charge in [0.15, 0.2) is 29.4 Å². The van der Waals surface area contributed by atoms with Gasteiger partial charge in [-0.05, 0) is 13.8 Å². The normalized spacial score (nSPS) is 29.8. The number of H-pyrrole nitrogens is 2. The lowest BCUT2D eigenvalue weighted by Gasteiger charge is -2.37. The number of anilines is 4. The number of aliphatic hydroxyl groups is 3. The number of hydrogen-bond donors (Lipinski definition) is 7. The molecule has 0 saturated carbocycles. The van der Waals surface area contributed by atoms with E-state index in [1.165, 1.54) is 21.4 Å². The van der Waals surface area contributed by atoms with E-state index in [0.29, 0.717) is 0 Å². The fourth-order valence-corrected chi connectivity index (χ4v) is 10.7. The van der Waals surface area contributed by atoms with Crippen LogP contribution in [0.3, 0.4) is 0 Å². The second-order valence-electron chi connectivity index (χ2n) is 12.6. The molecule has 0 radical (unpaired) electrons. The van der Waals surface area contributed by atoms with E-state index in [1.54, 1.807) is 13.8 Å². The molecular formula is C24H34N10O18P3S-3. The number of hydrogen-bond acceptors (Lipinski definition) is 26. The molecule has 3 aromatic rings. The van der Waals surface area contributed by atoms with Gasteiger partial charge in [0.25, 0.3) is 18.9 Å². The monoisotopic (exact) mass is 875 g/mol. The van der Waals surface area contributed by atoms with Crippen LogP contribution in [0.25, 0.3) is 11.2 Å². The average molecular weight is 876 g/mol. The predicted octanol–water partition coefficient (Wildman–Crippen LogP) is -4.70. The zero-order valence-electron chi connectivity index (χ0n) is 28.9. The van der Waals surface area contributed by atoms with E-state index < -0.39 is 102 Å². The Bertz CT molecular complexity index is 2210. The van der Waals surface area contributed by atoms with Crippen molar-refractivity contribution in [2.24, 2.45) is 0 Å². The first-order chi connectivity index (χ1) is 26.1. The molecule has 3 aromatic heterocycles. The zero-order chi connectivity index (χ0) is 41.1. The lowest BCUT2D eigenvalue weighted by Crippen LogP contribution is -2.45. The van der Waals surface area contributed by atoms with Crippen LogP contribution in [0.2, 0.25) is 0 Å². The van der Waals surface area contributed by atoms with Gasteiger partial charge in [-0.15, -0.1) is 0 Å². The fourth-order valence-electron chi connectivity index (χ4n) is 6.03. The third kappa shape index (κ3) is 9.00. The minimum atomic E-state index is -5.91. The van der Waals surface area contributed by atoms with Crippen molar-refractivity contribution in [2.75, 3.05) is 48.2 Å². The highest BCUT2D eigenvalue weighted by molar-refractivity contribution is 8.09. The van der Waals surface area contributed by atoms with Crippen molar-refractivity contribution in [1.29, 1.82) is 0 Å². The Hall–Kier alpha value is -3.02. The van der Waals surface area contributed by atoms with Gasteiger partial charge in [-0.1, -0.05) is 11.8 Å². The van der Waals surface area contributed by atoms with Crippen LogP contribution in [0, 0.1) is 0 Å². The van der Waals surface area contributed by atoms with Crippen molar-refractivity contribution < 1.29 is 76.0 Å². The molecule has 5 unspecified atom stereocenters. The standard InChI is InChI=1S/C24H37N10O18P3S/c1-8(2)47-16-10(49-22(15(16)37)33-6-27-11-17(33)28-23(25)30-19(11)38)4-45-50-54(42,43)52-55(44,56)51-53(40,41)46-5-9-13(35)14(36)21(48-9)34-7-32(3)12-18(34)29-24(26)31-20(12)39/h6,8-10,13-16,21-22,35-37H,4-5,7H2,1-3H3,(H,40,41)(H,42,43)(H,44,56)(H3,25,28,30,38)(H3,26,29,31,39)/p-3/t9-,10-,13+,14?,15+,16?,21-,22-,55?/m1/s1. The van der Waals surface area contributed by atoms with Gasteiger partial charge in [-0.25, -0.2) is 9.87 Å². The van der Waals surface area contributed by atoms with Crippen LogP contribution in [0.5, 0.6) is 0 Å². The number of nitrogens with one attached hydrogen (secondary N) is 2. The number of phosphoric ester groups is 1. The summed E-state index contributed by atoms with van der Waals surface area (Å²) in [6, 6.07) is 0. The van der Waals surface area contributed by atoms with Crippen molar-refractivity contribution in [3.05, 3.63) is 27.0 Å². The molecule has 6 heterocycles. The van der Waals surface area contributed by atoms with Gasteiger partial charge in [0.05, 0.1) is 25.7 Å². The number of aromatic amines is 2. The number of rotatable bonds is 15. The highest BCUT2D eigenvalue weighted by Gasteiger charge is 2.50. The highest BCUT2D eigenvalue weighted by Crippen LogP contribution is 2.63. The molecule has 0 amide bonds. The van der Waals surface area contributed by atoms with Crippen LogP contribution < -0.4 is 47.1 Å². The van der Waals surface area contributed by atoms with Crippen LogP contribution in [-0.2, 0) is 57.9 Å². The number of ether oxygens (including phenoxy) is 3. The van der Waals surface area contributed by atoms with E-state index in [-0.39, 0.29) is 41.2 Å². The van der Waals surface area contributed by atoms with Crippen LogP contribution in [0.15, 0.2) is 15.9 Å². The summed E-state index contributed by atoms with van der Waals surface area (Å²) in [5.41, 5.74) is 9.87. The molecule has 28 nitrogen and oxygen atoms in total. The lowest BCUT2D eigenvalue weighted by atomic mass is 10.1. The first-order valence-electron chi connectivity index (χ1n) is 16.0. The Morgan fingerprint density at radius 1 is 0.964 bits per heavy atom. The maximum atomic E-state index is 12.7. The highest BCUT2D eigenvalue weighted by atomic mass is 32.5. The number of nitrogens with two attached hydrogens (primary N) is 2. The van der Waals surface area contributed by atoms with Gasteiger partial charge in [-0.2, -0.15) is 14.6 Å². The Labute approximate surface area is 318 Å². The van der Waals surface area contributed by atoms with Crippen molar-refractivity contribution in [2.45, 2.75) is 69.0 Å². The van der Waals surface area contributed by atoms with Crippen LogP contribution in [-0.4, -0.2) is 121 Å². The molecule has 3 aliphatic heterocycles. The van der Waals surface area contributed by atoms with Gasteiger partial charge in [0.2, 0.25) is 11.9 Å². The summed E-state index contributed by atoms with van der Waals surface area (Å²) >= 11 is 4.40. The number of imidazole rings is 1. The summed E-state index contributed by atoms with van der Waals surface area (Å²) in [5, 5.41) is 32.3. The summed E-state index contributed by atoms with van der Waals surface area (Å²) in [7, 11) is -10.2. The quantitative estimate of drug-likeness (QED) is 0.0428. The molecule has 3 aliphatic rings.